The Hall–Kier alpha value is -3.50. The normalized spacial score (nSPS) is 11.5. The maximum atomic E-state index is 13.5. The first-order valence-corrected chi connectivity index (χ1v) is 11.8. The van der Waals surface area contributed by atoms with Crippen molar-refractivity contribution in [1.82, 2.24) is 0 Å². The SMILES string of the molecule is C=CCSCC(N)C(=O)N(Cc1cc(C(C)=O)cc(OC)c1O)c1cc(C(C)=O)cc(OC)c1O. The van der Waals surface area contributed by atoms with Crippen LogP contribution in [0.25, 0.3) is 0 Å². The van der Waals surface area contributed by atoms with Gasteiger partial charge in [-0.25, -0.2) is 0 Å². The molecule has 0 saturated heterocycles. The van der Waals surface area contributed by atoms with E-state index in [1.54, 1.807) is 6.08 Å². The summed E-state index contributed by atoms with van der Waals surface area (Å²) in [5.41, 5.74) is 6.77. The molecule has 0 aromatic heterocycles. The van der Waals surface area contributed by atoms with Crippen LogP contribution in [0.5, 0.6) is 23.0 Å². The monoisotopic (exact) mass is 502 g/mol. The third kappa shape index (κ3) is 6.55. The Bertz CT molecular complexity index is 1130. The number of nitrogens with two attached hydrogens (primary N) is 1. The van der Waals surface area contributed by atoms with Crippen LogP contribution in [0.15, 0.2) is 36.9 Å². The van der Waals surface area contributed by atoms with Crippen molar-refractivity contribution in [3.05, 3.63) is 53.6 Å². The molecule has 1 unspecified atom stereocenters. The van der Waals surface area contributed by atoms with Gasteiger partial charge in [0.2, 0.25) is 5.91 Å². The number of phenols is 2. The lowest BCUT2D eigenvalue weighted by Gasteiger charge is -2.28. The van der Waals surface area contributed by atoms with E-state index in [2.05, 4.69) is 6.58 Å². The number of ketones is 2. The molecule has 0 bridgehead atoms. The molecule has 0 radical (unpaired) electrons. The average molecular weight is 503 g/mol. The molecule has 0 spiro atoms. The number of anilines is 1. The molecular weight excluding hydrogens is 472 g/mol. The second kappa shape index (κ2) is 12.3. The molecule has 9 nitrogen and oxygen atoms in total. The van der Waals surface area contributed by atoms with Crippen molar-refractivity contribution in [2.45, 2.75) is 26.4 Å². The minimum Gasteiger partial charge on any atom is -0.504 e. The van der Waals surface area contributed by atoms with E-state index in [0.29, 0.717) is 5.75 Å². The van der Waals surface area contributed by atoms with Crippen LogP contribution in [0.3, 0.4) is 0 Å². The Morgan fingerprint density at radius 3 is 2.09 bits per heavy atom. The zero-order chi connectivity index (χ0) is 26.3. The van der Waals surface area contributed by atoms with Gasteiger partial charge in [0.15, 0.2) is 34.6 Å². The van der Waals surface area contributed by atoms with Crippen molar-refractivity contribution < 1.29 is 34.1 Å². The number of aromatic hydroxyl groups is 2. The lowest BCUT2D eigenvalue weighted by Crippen LogP contribution is -2.45. The predicted octanol–water partition coefficient (Wildman–Crippen LogP) is 3.30. The highest BCUT2D eigenvalue weighted by atomic mass is 32.2. The quantitative estimate of drug-likeness (QED) is 0.227. The Balaban J connectivity index is 2.69. The van der Waals surface area contributed by atoms with Crippen LogP contribution >= 0.6 is 11.8 Å². The minimum atomic E-state index is -0.980. The standard InChI is InChI=1S/C25H30N2O7S/c1-6-7-35-13-19(26)25(32)27(20-9-17(15(3)29)11-22(34-5)24(20)31)12-18-8-16(14(2)28)10-21(33-4)23(18)30/h6,8-11,19,30-31H,1,7,12-13,26H2,2-5H3. The summed E-state index contributed by atoms with van der Waals surface area (Å²) in [5.74, 6) is -0.956. The molecule has 1 amide bonds. The summed E-state index contributed by atoms with van der Waals surface area (Å²) in [7, 11) is 2.66. The number of Topliss-reactive ketones (excluding diaryl/α,β-unsaturated/α-hetero) is 2. The van der Waals surface area contributed by atoms with Crippen molar-refractivity contribution in [2.75, 3.05) is 30.6 Å². The molecular formula is C25H30N2O7S. The molecule has 0 fully saturated rings. The highest BCUT2D eigenvalue weighted by Gasteiger charge is 2.29. The zero-order valence-corrected chi connectivity index (χ0v) is 21.0. The van der Waals surface area contributed by atoms with Crippen LogP contribution < -0.4 is 20.1 Å². The number of nitrogens with zero attached hydrogens (tertiary/aromatic N) is 1. The lowest BCUT2D eigenvalue weighted by molar-refractivity contribution is -0.119. The molecule has 35 heavy (non-hydrogen) atoms. The van der Waals surface area contributed by atoms with E-state index in [1.165, 1.54) is 64.1 Å². The van der Waals surface area contributed by atoms with Crippen molar-refractivity contribution in [2.24, 2.45) is 5.73 Å². The molecule has 2 aromatic carbocycles. The Morgan fingerprint density at radius 2 is 1.57 bits per heavy atom. The van der Waals surface area contributed by atoms with E-state index < -0.39 is 11.9 Å². The molecule has 2 rings (SSSR count). The summed E-state index contributed by atoms with van der Waals surface area (Å²) in [6.07, 6.45) is 1.68. The molecule has 2 aromatic rings. The van der Waals surface area contributed by atoms with Gasteiger partial charge in [0, 0.05) is 28.2 Å². The van der Waals surface area contributed by atoms with E-state index in [-0.39, 0.29) is 69.2 Å². The molecule has 0 heterocycles. The van der Waals surface area contributed by atoms with E-state index in [9.17, 15) is 24.6 Å². The van der Waals surface area contributed by atoms with E-state index in [1.807, 2.05) is 0 Å². The van der Waals surface area contributed by atoms with Crippen molar-refractivity contribution in [1.29, 1.82) is 0 Å². The predicted molar refractivity (Wildman–Crippen MR) is 136 cm³/mol. The molecule has 188 valence electrons. The van der Waals surface area contributed by atoms with Gasteiger partial charge in [0.05, 0.1) is 32.5 Å². The van der Waals surface area contributed by atoms with E-state index in [4.69, 9.17) is 15.2 Å². The Morgan fingerprint density at radius 1 is 1.03 bits per heavy atom. The number of hydrogen-bond donors (Lipinski definition) is 3. The van der Waals surface area contributed by atoms with Crippen molar-refractivity contribution in [3.8, 4) is 23.0 Å². The summed E-state index contributed by atoms with van der Waals surface area (Å²) in [6.45, 7) is 6.06. The lowest BCUT2D eigenvalue weighted by atomic mass is 10.0. The van der Waals surface area contributed by atoms with Crippen LogP contribution in [0, 0.1) is 0 Å². The minimum absolute atomic E-state index is 0.0145. The molecule has 0 aliphatic rings. The number of rotatable bonds is 12. The number of ether oxygens (including phenoxy) is 2. The smallest absolute Gasteiger partial charge is 0.245 e. The topological polar surface area (TPSA) is 139 Å². The fraction of sp³-hybridized carbons (Fsp3) is 0.320. The number of amides is 1. The molecule has 10 heteroatoms. The van der Waals surface area contributed by atoms with Gasteiger partial charge in [-0.3, -0.25) is 14.4 Å². The fourth-order valence-corrected chi connectivity index (χ4v) is 4.00. The number of hydrogen-bond acceptors (Lipinski definition) is 9. The van der Waals surface area contributed by atoms with Crippen LogP contribution in [0.1, 0.15) is 40.1 Å². The number of methoxy groups -OCH3 is 2. The first-order chi connectivity index (χ1) is 16.5. The molecule has 0 aliphatic carbocycles. The van der Waals surface area contributed by atoms with Gasteiger partial charge in [-0.1, -0.05) is 6.08 Å². The van der Waals surface area contributed by atoms with Gasteiger partial charge in [-0.2, -0.15) is 11.8 Å². The van der Waals surface area contributed by atoms with Crippen molar-refractivity contribution >= 4 is 34.9 Å². The van der Waals surface area contributed by atoms with Gasteiger partial charge in [-0.05, 0) is 38.1 Å². The third-order valence-electron chi connectivity index (χ3n) is 5.20. The van der Waals surface area contributed by atoms with Crippen molar-refractivity contribution in [3.63, 3.8) is 0 Å². The first-order valence-electron chi connectivity index (χ1n) is 10.6. The van der Waals surface area contributed by atoms with Crippen LogP contribution in [0.2, 0.25) is 0 Å². The Labute approximate surface area is 208 Å². The van der Waals surface area contributed by atoms with Crippen LogP contribution in [-0.4, -0.2) is 59.5 Å². The molecule has 0 aliphatic heterocycles. The summed E-state index contributed by atoms with van der Waals surface area (Å²) in [4.78, 5) is 38.8. The van der Waals surface area contributed by atoms with Gasteiger partial charge in [0.25, 0.3) is 0 Å². The number of thioether (sulfide) groups is 1. The summed E-state index contributed by atoms with van der Waals surface area (Å²) >= 11 is 1.40. The first kappa shape index (κ1) is 27.7. The number of carbonyl (C=O) groups is 3. The molecule has 0 saturated carbocycles. The maximum Gasteiger partial charge on any atom is 0.245 e. The second-order valence-corrected chi connectivity index (χ2v) is 8.78. The van der Waals surface area contributed by atoms with Gasteiger partial charge in [0.1, 0.15) is 0 Å². The second-order valence-electron chi connectivity index (χ2n) is 7.70. The summed E-state index contributed by atoms with van der Waals surface area (Å²) < 4.78 is 10.4. The molecule has 4 N–H and O–H groups in total. The fourth-order valence-electron chi connectivity index (χ4n) is 3.30. The van der Waals surface area contributed by atoms with Gasteiger partial charge >= 0.3 is 0 Å². The molecule has 1 atom stereocenters. The highest BCUT2D eigenvalue weighted by molar-refractivity contribution is 7.99. The summed E-state index contributed by atoms with van der Waals surface area (Å²) in [6, 6.07) is 4.56. The maximum absolute atomic E-state index is 13.5. The number of benzene rings is 2. The number of carbonyl (C=O) groups excluding carboxylic acids is 3. The highest BCUT2D eigenvalue weighted by Crippen LogP contribution is 2.40. The van der Waals surface area contributed by atoms with Crippen LogP contribution in [0.4, 0.5) is 5.69 Å². The summed E-state index contributed by atoms with van der Waals surface area (Å²) in [5, 5.41) is 21.6. The van der Waals surface area contributed by atoms with Crippen LogP contribution in [-0.2, 0) is 11.3 Å². The third-order valence-corrected chi connectivity index (χ3v) is 6.26. The van der Waals surface area contributed by atoms with E-state index in [0.717, 1.165) is 4.90 Å². The average Bonchev–Trinajstić information content (AvgIpc) is 2.83. The van der Waals surface area contributed by atoms with E-state index >= 15 is 0 Å². The van der Waals surface area contributed by atoms with Gasteiger partial charge < -0.3 is 30.3 Å². The van der Waals surface area contributed by atoms with Gasteiger partial charge in [-0.15, -0.1) is 6.58 Å². The number of phenolic OH excluding ortho intramolecular Hbond substituents is 2. The largest absolute Gasteiger partial charge is 0.504 e. The Kier molecular flexibility index (Phi) is 9.73. The zero-order valence-electron chi connectivity index (χ0n) is 20.2.